The Kier molecular flexibility index (Phi) is 8.31. The molecule has 1 aliphatic rings. The molecule has 0 saturated heterocycles. The van der Waals surface area contributed by atoms with Gasteiger partial charge in [-0.05, 0) is 18.9 Å². The van der Waals surface area contributed by atoms with Crippen LogP contribution in [-0.2, 0) is 4.74 Å². The van der Waals surface area contributed by atoms with E-state index < -0.39 is 11.7 Å². The minimum Gasteiger partial charge on any atom is -0.411 e. The van der Waals surface area contributed by atoms with Gasteiger partial charge in [0.15, 0.2) is 5.79 Å². The number of ether oxygens (including phenoxy) is 1. The topological polar surface area (TPSA) is 62.1 Å². The minimum absolute atomic E-state index is 0.447. The van der Waals surface area contributed by atoms with Crippen molar-refractivity contribution in [3.63, 3.8) is 0 Å². The van der Waals surface area contributed by atoms with Gasteiger partial charge in [0.25, 0.3) is 0 Å². The van der Waals surface area contributed by atoms with Crippen molar-refractivity contribution in [3.8, 4) is 0 Å². The van der Waals surface area contributed by atoms with Crippen LogP contribution in [0.5, 0.6) is 0 Å². The molecule has 0 fully saturated rings. The standard InChI is InChI=1S/C17H29NO3/c1-3-4-5-6-7-8-9-10-15-11-12-17(19,21-2)16(13-15)14-18-20/h11-14,16,19-20H,3-10H2,1-2H3. The minimum atomic E-state index is -1.41. The van der Waals surface area contributed by atoms with E-state index >= 15 is 0 Å². The largest absolute Gasteiger partial charge is 0.411 e. The van der Waals surface area contributed by atoms with Crippen molar-refractivity contribution in [1.29, 1.82) is 0 Å². The predicted molar refractivity (Wildman–Crippen MR) is 85.6 cm³/mol. The molecule has 0 aromatic carbocycles. The number of aliphatic hydroxyl groups is 1. The lowest BCUT2D eigenvalue weighted by Gasteiger charge is -2.30. The van der Waals surface area contributed by atoms with Crippen molar-refractivity contribution in [2.75, 3.05) is 7.11 Å². The Balaban J connectivity index is 2.35. The zero-order chi connectivity index (χ0) is 15.6. The fourth-order valence-electron chi connectivity index (χ4n) is 2.62. The van der Waals surface area contributed by atoms with Crippen LogP contribution in [0.1, 0.15) is 58.3 Å². The van der Waals surface area contributed by atoms with E-state index in [0.717, 1.165) is 18.4 Å². The summed E-state index contributed by atoms with van der Waals surface area (Å²) in [6.07, 6.45) is 16.7. The molecule has 0 radical (unpaired) electrons. The molecule has 0 aliphatic heterocycles. The first-order valence-corrected chi connectivity index (χ1v) is 8.01. The van der Waals surface area contributed by atoms with Crippen molar-refractivity contribution in [1.82, 2.24) is 0 Å². The molecule has 1 rings (SSSR count). The second-order valence-electron chi connectivity index (χ2n) is 5.69. The van der Waals surface area contributed by atoms with Gasteiger partial charge >= 0.3 is 0 Å². The smallest absolute Gasteiger partial charge is 0.196 e. The van der Waals surface area contributed by atoms with Gasteiger partial charge in [0, 0.05) is 7.11 Å². The first-order valence-electron chi connectivity index (χ1n) is 8.01. The third kappa shape index (κ3) is 6.02. The molecule has 2 atom stereocenters. The highest BCUT2D eigenvalue weighted by Crippen LogP contribution is 2.29. The first-order chi connectivity index (χ1) is 10.2. The van der Waals surface area contributed by atoms with Crippen molar-refractivity contribution in [2.24, 2.45) is 11.1 Å². The van der Waals surface area contributed by atoms with Gasteiger partial charge in [-0.15, -0.1) is 5.16 Å². The molecule has 2 unspecified atom stereocenters. The Bertz CT molecular complexity index is 376. The van der Waals surface area contributed by atoms with Crippen LogP contribution in [0.4, 0.5) is 0 Å². The summed E-state index contributed by atoms with van der Waals surface area (Å²) in [7, 11) is 1.44. The maximum atomic E-state index is 10.2. The van der Waals surface area contributed by atoms with Crippen LogP contribution in [0.3, 0.4) is 0 Å². The van der Waals surface area contributed by atoms with E-state index in [1.807, 2.05) is 12.2 Å². The fraction of sp³-hybridized carbons (Fsp3) is 0.706. The van der Waals surface area contributed by atoms with E-state index in [9.17, 15) is 5.11 Å². The number of unbranched alkanes of at least 4 members (excludes halogenated alkanes) is 6. The summed E-state index contributed by atoms with van der Waals surface area (Å²) in [5.41, 5.74) is 1.16. The molecule has 0 aromatic rings. The van der Waals surface area contributed by atoms with E-state index in [1.54, 1.807) is 6.08 Å². The van der Waals surface area contributed by atoms with Gasteiger partial charge in [-0.1, -0.05) is 63.2 Å². The number of methoxy groups -OCH3 is 1. The van der Waals surface area contributed by atoms with E-state index in [4.69, 9.17) is 9.94 Å². The van der Waals surface area contributed by atoms with Crippen molar-refractivity contribution in [3.05, 3.63) is 23.8 Å². The maximum Gasteiger partial charge on any atom is 0.196 e. The lowest BCUT2D eigenvalue weighted by atomic mass is 9.89. The van der Waals surface area contributed by atoms with Crippen LogP contribution in [0.2, 0.25) is 0 Å². The van der Waals surface area contributed by atoms with Gasteiger partial charge in [0.1, 0.15) is 0 Å². The second-order valence-corrected chi connectivity index (χ2v) is 5.69. The lowest BCUT2D eigenvalue weighted by molar-refractivity contribution is -0.158. The van der Waals surface area contributed by atoms with Gasteiger partial charge in [-0.25, -0.2) is 0 Å². The van der Waals surface area contributed by atoms with E-state index in [0.29, 0.717) is 0 Å². The summed E-state index contributed by atoms with van der Waals surface area (Å²) in [5, 5.41) is 22.0. The molecule has 0 bridgehead atoms. The average Bonchev–Trinajstić information content (AvgIpc) is 2.50. The SMILES string of the molecule is CCCCCCCCCC1=CC(C=NO)C(O)(OC)C=C1. The molecule has 1 aliphatic carbocycles. The third-order valence-electron chi connectivity index (χ3n) is 4.03. The molecule has 0 heterocycles. The van der Waals surface area contributed by atoms with Crippen LogP contribution >= 0.6 is 0 Å². The normalized spacial score (nSPS) is 25.5. The highest BCUT2D eigenvalue weighted by Gasteiger charge is 2.34. The molecular formula is C17H29NO3. The Labute approximate surface area is 128 Å². The van der Waals surface area contributed by atoms with Crippen LogP contribution < -0.4 is 0 Å². The van der Waals surface area contributed by atoms with Gasteiger partial charge in [0.2, 0.25) is 0 Å². The molecule has 120 valence electrons. The molecular weight excluding hydrogens is 266 g/mol. The van der Waals surface area contributed by atoms with Crippen molar-refractivity contribution in [2.45, 2.75) is 64.1 Å². The quantitative estimate of drug-likeness (QED) is 0.210. The first kappa shape index (κ1) is 17.9. The fourth-order valence-corrected chi connectivity index (χ4v) is 2.62. The Hall–Kier alpha value is -1.13. The maximum absolute atomic E-state index is 10.2. The highest BCUT2D eigenvalue weighted by molar-refractivity contribution is 5.66. The molecule has 4 heteroatoms. The number of nitrogens with zero attached hydrogens (tertiary/aromatic N) is 1. The monoisotopic (exact) mass is 295 g/mol. The summed E-state index contributed by atoms with van der Waals surface area (Å²) < 4.78 is 5.09. The summed E-state index contributed by atoms with van der Waals surface area (Å²) in [6, 6.07) is 0. The van der Waals surface area contributed by atoms with Crippen LogP contribution in [0.15, 0.2) is 29.0 Å². The van der Waals surface area contributed by atoms with E-state index in [-0.39, 0.29) is 0 Å². The molecule has 0 aromatic heterocycles. The van der Waals surface area contributed by atoms with Gasteiger partial charge in [0.05, 0.1) is 12.1 Å². The summed E-state index contributed by atoms with van der Waals surface area (Å²) >= 11 is 0. The van der Waals surface area contributed by atoms with Crippen molar-refractivity contribution >= 4 is 6.21 Å². The van der Waals surface area contributed by atoms with Gasteiger partial charge in [-0.3, -0.25) is 0 Å². The van der Waals surface area contributed by atoms with Crippen LogP contribution in [0, 0.1) is 5.92 Å². The predicted octanol–water partition coefficient (Wildman–Crippen LogP) is 4.03. The van der Waals surface area contributed by atoms with E-state index in [1.165, 1.54) is 51.8 Å². The Morgan fingerprint density at radius 1 is 1.24 bits per heavy atom. The zero-order valence-electron chi connectivity index (χ0n) is 13.3. The number of hydrogen-bond donors (Lipinski definition) is 2. The van der Waals surface area contributed by atoms with Gasteiger partial charge < -0.3 is 15.1 Å². The zero-order valence-corrected chi connectivity index (χ0v) is 13.3. The van der Waals surface area contributed by atoms with E-state index in [2.05, 4.69) is 12.1 Å². The third-order valence-corrected chi connectivity index (χ3v) is 4.03. The van der Waals surface area contributed by atoms with Crippen LogP contribution in [0.25, 0.3) is 0 Å². The molecule has 0 saturated carbocycles. The number of rotatable bonds is 10. The molecule has 4 nitrogen and oxygen atoms in total. The molecule has 0 spiro atoms. The van der Waals surface area contributed by atoms with Crippen LogP contribution in [-0.4, -0.2) is 29.4 Å². The average molecular weight is 295 g/mol. The van der Waals surface area contributed by atoms with Gasteiger partial charge in [-0.2, -0.15) is 0 Å². The summed E-state index contributed by atoms with van der Waals surface area (Å²) in [6.45, 7) is 2.23. The number of oxime groups is 1. The molecule has 2 N–H and O–H groups in total. The summed E-state index contributed by atoms with van der Waals surface area (Å²) in [5.74, 6) is -1.85. The summed E-state index contributed by atoms with van der Waals surface area (Å²) in [4.78, 5) is 0. The number of allylic oxidation sites excluding steroid dienone is 2. The Morgan fingerprint density at radius 3 is 2.52 bits per heavy atom. The lowest BCUT2D eigenvalue weighted by Crippen LogP contribution is -2.39. The number of hydrogen-bond acceptors (Lipinski definition) is 4. The molecule has 0 amide bonds. The highest BCUT2D eigenvalue weighted by atomic mass is 16.6. The Morgan fingerprint density at radius 2 is 1.90 bits per heavy atom. The molecule has 21 heavy (non-hydrogen) atoms. The second kappa shape index (κ2) is 9.74. The van der Waals surface area contributed by atoms with Crippen molar-refractivity contribution < 1.29 is 15.1 Å².